The number of nitrogens with one attached hydrogen (secondary N) is 1. The van der Waals surface area contributed by atoms with Gasteiger partial charge in [-0.3, -0.25) is 0 Å². The Kier molecular flexibility index (Phi) is 4.13. The lowest BCUT2D eigenvalue weighted by Crippen LogP contribution is -2.41. The van der Waals surface area contributed by atoms with Crippen LogP contribution < -0.4 is 4.72 Å². The van der Waals surface area contributed by atoms with Crippen LogP contribution in [0.3, 0.4) is 0 Å². The van der Waals surface area contributed by atoms with Gasteiger partial charge in [0.1, 0.15) is 0 Å². The summed E-state index contributed by atoms with van der Waals surface area (Å²) in [5.74, 6) is 0. The summed E-state index contributed by atoms with van der Waals surface area (Å²) in [7, 11) is -3.64. The van der Waals surface area contributed by atoms with Gasteiger partial charge in [0.05, 0.1) is 29.8 Å². The number of benzene rings is 1. The molecule has 0 saturated carbocycles. The number of fused-ring (bicyclic) bond motifs is 2. The van der Waals surface area contributed by atoms with Crippen molar-refractivity contribution in [1.82, 2.24) is 4.72 Å². The lowest BCUT2D eigenvalue weighted by Gasteiger charge is -2.21. The number of rotatable bonds is 4. The van der Waals surface area contributed by atoms with Crippen molar-refractivity contribution in [3.63, 3.8) is 0 Å². The zero-order valence-electron chi connectivity index (χ0n) is 11.7. The van der Waals surface area contributed by atoms with Gasteiger partial charge >= 0.3 is 0 Å². The Morgan fingerprint density at radius 3 is 2.76 bits per heavy atom. The molecular weight excluding hydrogens is 358 g/mol. The summed E-state index contributed by atoms with van der Waals surface area (Å²) >= 11 is 3.34. The zero-order valence-corrected chi connectivity index (χ0v) is 14.1. The molecule has 0 amide bonds. The van der Waals surface area contributed by atoms with Crippen LogP contribution >= 0.6 is 15.9 Å². The number of aliphatic hydroxyl groups is 1. The largest absolute Gasteiger partial charge is 0.392 e. The summed E-state index contributed by atoms with van der Waals surface area (Å²) in [6.45, 7) is 1.62. The minimum absolute atomic E-state index is 0.00864. The van der Waals surface area contributed by atoms with Gasteiger partial charge in [-0.25, -0.2) is 13.1 Å². The first-order valence-electron chi connectivity index (χ1n) is 6.98. The van der Waals surface area contributed by atoms with Crippen molar-refractivity contribution in [2.45, 2.75) is 55.9 Å². The van der Waals surface area contributed by atoms with Gasteiger partial charge in [0.15, 0.2) is 0 Å². The highest BCUT2D eigenvalue weighted by Gasteiger charge is 2.42. The van der Waals surface area contributed by atoms with Gasteiger partial charge in [0.25, 0.3) is 0 Å². The normalized spacial score (nSPS) is 28.2. The first-order chi connectivity index (χ1) is 9.90. The average molecular weight is 376 g/mol. The summed E-state index contributed by atoms with van der Waals surface area (Å²) < 4.78 is 34.2. The molecule has 0 spiro atoms. The van der Waals surface area contributed by atoms with E-state index in [0.717, 1.165) is 24.8 Å². The molecule has 2 N–H and O–H groups in total. The Hall–Kier alpha value is -0.470. The maximum atomic E-state index is 12.6. The number of halogens is 1. The molecule has 2 fully saturated rings. The molecule has 2 saturated heterocycles. The van der Waals surface area contributed by atoms with E-state index in [0.29, 0.717) is 10.0 Å². The smallest absolute Gasteiger partial charge is 0.242 e. The Balaban J connectivity index is 1.89. The molecule has 0 aliphatic carbocycles. The number of aliphatic hydroxyl groups excluding tert-OH is 1. The first-order valence-corrected chi connectivity index (χ1v) is 9.26. The molecule has 1 aromatic carbocycles. The van der Waals surface area contributed by atoms with Gasteiger partial charge in [-0.05, 0) is 59.3 Å². The molecule has 3 atom stereocenters. The lowest BCUT2D eigenvalue weighted by atomic mass is 9.96. The molecule has 3 unspecified atom stereocenters. The third-order valence-corrected chi connectivity index (χ3v) is 6.99. The van der Waals surface area contributed by atoms with Crippen molar-refractivity contribution in [3.8, 4) is 0 Å². The van der Waals surface area contributed by atoms with E-state index >= 15 is 0 Å². The fraction of sp³-hybridized carbons (Fsp3) is 0.571. The topological polar surface area (TPSA) is 75.6 Å². The predicted molar refractivity (Wildman–Crippen MR) is 81.4 cm³/mol. The van der Waals surface area contributed by atoms with E-state index in [-0.39, 0.29) is 29.8 Å². The van der Waals surface area contributed by atoms with Gasteiger partial charge in [0, 0.05) is 4.47 Å². The van der Waals surface area contributed by atoms with Crippen LogP contribution in [0.2, 0.25) is 0 Å². The first kappa shape index (κ1) is 15.4. The molecule has 3 rings (SSSR count). The monoisotopic (exact) mass is 375 g/mol. The van der Waals surface area contributed by atoms with E-state index in [1.807, 2.05) is 6.92 Å². The summed E-state index contributed by atoms with van der Waals surface area (Å²) in [5.41, 5.74) is 1.37. The van der Waals surface area contributed by atoms with E-state index in [2.05, 4.69) is 20.7 Å². The van der Waals surface area contributed by atoms with Crippen molar-refractivity contribution in [1.29, 1.82) is 0 Å². The van der Waals surface area contributed by atoms with E-state index in [4.69, 9.17) is 4.74 Å². The minimum Gasteiger partial charge on any atom is -0.392 e. The maximum absolute atomic E-state index is 12.6. The summed E-state index contributed by atoms with van der Waals surface area (Å²) in [6, 6.07) is 3.12. The molecule has 2 aliphatic rings. The molecule has 116 valence electrons. The third-order valence-electron chi connectivity index (χ3n) is 4.17. The van der Waals surface area contributed by atoms with E-state index in [1.165, 1.54) is 6.07 Å². The summed E-state index contributed by atoms with van der Waals surface area (Å²) in [4.78, 5) is 0.175. The minimum atomic E-state index is -3.64. The predicted octanol–water partition coefficient (Wildman–Crippen LogP) is 1.85. The van der Waals surface area contributed by atoms with Crippen molar-refractivity contribution in [2.24, 2.45) is 0 Å². The van der Waals surface area contributed by atoms with Gasteiger partial charge in [-0.2, -0.15) is 0 Å². The molecule has 5 nitrogen and oxygen atoms in total. The average Bonchev–Trinajstić information content (AvgIpc) is 3.03. The number of aryl methyl sites for hydroxylation is 1. The van der Waals surface area contributed by atoms with Crippen LogP contribution in [-0.2, 0) is 21.4 Å². The Bertz CT molecular complexity index is 661. The summed E-state index contributed by atoms with van der Waals surface area (Å²) in [5, 5.41) is 9.26. The van der Waals surface area contributed by atoms with Crippen molar-refractivity contribution in [2.75, 3.05) is 0 Å². The second-order valence-corrected chi connectivity index (χ2v) is 8.20. The highest BCUT2D eigenvalue weighted by Crippen LogP contribution is 2.36. The number of sulfonamides is 1. The lowest BCUT2D eigenvalue weighted by molar-refractivity contribution is 0.0996. The number of ether oxygens (including phenoxy) is 1. The van der Waals surface area contributed by atoms with Crippen LogP contribution in [0.1, 0.15) is 30.4 Å². The van der Waals surface area contributed by atoms with Crippen LogP contribution in [0.4, 0.5) is 0 Å². The third kappa shape index (κ3) is 2.90. The zero-order chi connectivity index (χ0) is 15.2. The highest BCUT2D eigenvalue weighted by molar-refractivity contribution is 9.10. The SMILES string of the molecule is Cc1cc(CO)cc(S(=O)(=O)NC2CC3CCC2O3)c1Br. The van der Waals surface area contributed by atoms with E-state index in [1.54, 1.807) is 6.07 Å². The van der Waals surface area contributed by atoms with Crippen molar-refractivity contribution in [3.05, 3.63) is 27.7 Å². The van der Waals surface area contributed by atoms with Gasteiger partial charge < -0.3 is 9.84 Å². The van der Waals surface area contributed by atoms with Gasteiger partial charge in [0.2, 0.25) is 10.0 Å². The Morgan fingerprint density at radius 1 is 1.43 bits per heavy atom. The number of hydrogen-bond acceptors (Lipinski definition) is 4. The Morgan fingerprint density at radius 2 is 2.19 bits per heavy atom. The van der Waals surface area contributed by atoms with Crippen LogP contribution in [0.5, 0.6) is 0 Å². The molecule has 1 aromatic rings. The van der Waals surface area contributed by atoms with E-state index < -0.39 is 10.0 Å². The molecular formula is C14H18BrNO4S. The standard InChI is InChI=1S/C14H18BrNO4S/c1-8-4-9(7-17)5-13(14(8)15)21(18,19)16-11-6-10-2-3-12(11)20-10/h4-5,10-12,16-17H,2-3,6-7H2,1H3. The van der Waals surface area contributed by atoms with Gasteiger partial charge in [-0.1, -0.05) is 6.07 Å². The molecule has 21 heavy (non-hydrogen) atoms. The molecule has 2 heterocycles. The maximum Gasteiger partial charge on any atom is 0.242 e. The van der Waals surface area contributed by atoms with E-state index in [9.17, 15) is 13.5 Å². The molecule has 0 radical (unpaired) electrons. The van der Waals surface area contributed by atoms with Crippen LogP contribution in [-0.4, -0.2) is 31.8 Å². The van der Waals surface area contributed by atoms with Crippen molar-refractivity contribution >= 4 is 26.0 Å². The van der Waals surface area contributed by atoms with Crippen LogP contribution in [0, 0.1) is 6.92 Å². The molecule has 0 aromatic heterocycles. The van der Waals surface area contributed by atoms with Crippen molar-refractivity contribution < 1.29 is 18.3 Å². The molecule has 7 heteroatoms. The van der Waals surface area contributed by atoms with Crippen LogP contribution in [0.25, 0.3) is 0 Å². The second-order valence-electron chi connectivity index (χ2n) is 5.72. The quantitative estimate of drug-likeness (QED) is 0.841. The summed E-state index contributed by atoms with van der Waals surface area (Å²) in [6.07, 6.45) is 2.85. The Labute approximate surface area is 132 Å². The fourth-order valence-corrected chi connectivity index (χ4v) is 5.47. The molecule has 2 aliphatic heterocycles. The van der Waals surface area contributed by atoms with Gasteiger partial charge in [-0.15, -0.1) is 0 Å². The number of hydrogen-bond donors (Lipinski definition) is 2. The molecule has 2 bridgehead atoms. The highest BCUT2D eigenvalue weighted by atomic mass is 79.9. The second kappa shape index (κ2) is 5.62. The fourth-order valence-electron chi connectivity index (χ4n) is 3.12. The van der Waals surface area contributed by atoms with Crippen LogP contribution in [0.15, 0.2) is 21.5 Å².